The molecule has 0 aliphatic carbocycles. The molecule has 4 aromatic rings. The first kappa shape index (κ1) is 19.2. The maximum absolute atomic E-state index is 13.0. The second-order valence-electron chi connectivity index (χ2n) is 6.89. The van der Waals surface area contributed by atoms with Crippen LogP contribution in [0.3, 0.4) is 0 Å². The van der Waals surface area contributed by atoms with Gasteiger partial charge in [-0.2, -0.15) is 4.98 Å². The highest BCUT2D eigenvalue weighted by atomic mass is 19.1. The fraction of sp³-hybridized carbons (Fsp3) is 0.238. The molecule has 0 N–H and O–H groups in total. The van der Waals surface area contributed by atoms with E-state index in [-0.39, 0.29) is 24.4 Å². The summed E-state index contributed by atoms with van der Waals surface area (Å²) >= 11 is 0. The lowest BCUT2D eigenvalue weighted by molar-refractivity contribution is -0.00114. The van der Waals surface area contributed by atoms with E-state index in [4.69, 9.17) is 18.7 Å². The smallest absolute Gasteiger partial charge is 0.264 e. The maximum atomic E-state index is 13.0. The van der Waals surface area contributed by atoms with Crippen LogP contribution in [0.2, 0.25) is 0 Å². The molecule has 3 heterocycles. The molecule has 1 atom stereocenters. The van der Waals surface area contributed by atoms with Crippen molar-refractivity contribution in [2.24, 2.45) is 0 Å². The lowest BCUT2D eigenvalue weighted by Gasteiger charge is -2.24. The molecule has 0 bridgehead atoms. The molecule has 0 fully saturated rings. The summed E-state index contributed by atoms with van der Waals surface area (Å²) in [6.07, 6.45) is -0.141. The summed E-state index contributed by atoms with van der Waals surface area (Å²) in [5.41, 5.74) is 2.31. The summed E-state index contributed by atoms with van der Waals surface area (Å²) < 4.78 is 36.8. The summed E-state index contributed by atoms with van der Waals surface area (Å²) in [6, 6.07) is 13.4. The van der Waals surface area contributed by atoms with Gasteiger partial charge in [0.25, 0.3) is 5.89 Å². The van der Waals surface area contributed by atoms with E-state index in [2.05, 4.69) is 20.5 Å². The fourth-order valence-corrected chi connectivity index (χ4v) is 3.29. The van der Waals surface area contributed by atoms with E-state index < -0.39 is 0 Å². The highest BCUT2D eigenvalue weighted by Gasteiger charge is 2.27. The van der Waals surface area contributed by atoms with Crippen molar-refractivity contribution in [2.45, 2.75) is 25.9 Å². The predicted octanol–water partition coefficient (Wildman–Crippen LogP) is 3.33. The Morgan fingerprint density at radius 2 is 1.87 bits per heavy atom. The molecule has 0 unspecified atom stereocenters. The van der Waals surface area contributed by atoms with Gasteiger partial charge in [-0.15, -0.1) is 5.10 Å². The van der Waals surface area contributed by atoms with E-state index in [0.29, 0.717) is 30.4 Å². The monoisotopic (exact) mass is 423 g/mol. The summed E-state index contributed by atoms with van der Waals surface area (Å²) in [6.45, 7) is 0.889. The highest BCUT2D eigenvalue weighted by Crippen LogP contribution is 2.30. The van der Waals surface area contributed by atoms with E-state index in [1.807, 2.05) is 24.3 Å². The first-order valence-corrected chi connectivity index (χ1v) is 9.59. The van der Waals surface area contributed by atoms with Gasteiger partial charge >= 0.3 is 0 Å². The number of rotatable bonds is 6. The molecule has 0 saturated heterocycles. The van der Waals surface area contributed by atoms with Crippen LogP contribution in [-0.4, -0.2) is 32.2 Å². The Morgan fingerprint density at radius 3 is 2.65 bits per heavy atom. The van der Waals surface area contributed by atoms with Crippen molar-refractivity contribution in [3.8, 4) is 23.0 Å². The Morgan fingerprint density at radius 1 is 1.10 bits per heavy atom. The Balaban J connectivity index is 1.27. The van der Waals surface area contributed by atoms with Gasteiger partial charge in [0, 0.05) is 0 Å². The van der Waals surface area contributed by atoms with Gasteiger partial charge in [0.15, 0.2) is 12.3 Å². The Labute approximate surface area is 176 Å². The van der Waals surface area contributed by atoms with Gasteiger partial charge in [-0.25, -0.2) is 9.07 Å². The number of methoxy groups -OCH3 is 1. The van der Waals surface area contributed by atoms with Crippen LogP contribution in [0.15, 0.2) is 53.1 Å². The molecule has 5 rings (SSSR count). The molecule has 2 aromatic carbocycles. The summed E-state index contributed by atoms with van der Waals surface area (Å²) in [4.78, 5) is 4.33. The molecule has 0 saturated carbocycles. The van der Waals surface area contributed by atoms with Crippen molar-refractivity contribution in [3.05, 3.63) is 71.5 Å². The van der Waals surface area contributed by atoms with E-state index in [1.54, 1.807) is 11.8 Å². The van der Waals surface area contributed by atoms with Crippen LogP contribution in [0.4, 0.5) is 4.39 Å². The van der Waals surface area contributed by atoms with Crippen molar-refractivity contribution < 1.29 is 23.1 Å². The third-order valence-electron chi connectivity index (χ3n) is 4.94. The molecule has 10 heteroatoms. The zero-order chi connectivity index (χ0) is 21.2. The molecule has 158 valence electrons. The molecule has 31 heavy (non-hydrogen) atoms. The van der Waals surface area contributed by atoms with Crippen LogP contribution in [0.5, 0.6) is 11.5 Å². The number of nitrogens with zero attached hydrogens (tertiary/aromatic N) is 5. The molecule has 1 aliphatic rings. The molecule has 9 nitrogen and oxygen atoms in total. The lowest BCUT2D eigenvalue weighted by atomic mass is 10.1. The SMILES string of the molecule is COc1ccc([C@H]2Cn3nnc(-c4noc(COc5ccc(F)cc5)n4)c3CO2)cc1. The number of ether oxygens (including phenoxy) is 3. The van der Waals surface area contributed by atoms with Crippen LogP contribution >= 0.6 is 0 Å². The van der Waals surface area contributed by atoms with Crippen molar-refractivity contribution in [3.63, 3.8) is 0 Å². The topological polar surface area (TPSA) is 97.3 Å². The molecule has 0 radical (unpaired) electrons. The first-order chi connectivity index (χ1) is 15.2. The van der Waals surface area contributed by atoms with E-state index in [1.165, 1.54) is 24.3 Å². The summed E-state index contributed by atoms with van der Waals surface area (Å²) in [5, 5.41) is 12.4. The summed E-state index contributed by atoms with van der Waals surface area (Å²) in [5.74, 6) is 1.54. The highest BCUT2D eigenvalue weighted by molar-refractivity contribution is 5.51. The average Bonchev–Trinajstić information content (AvgIpc) is 3.45. The van der Waals surface area contributed by atoms with Crippen LogP contribution in [0, 0.1) is 5.82 Å². The van der Waals surface area contributed by atoms with Crippen LogP contribution in [0.1, 0.15) is 23.3 Å². The average molecular weight is 423 g/mol. The van der Waals surface area contributed by atoms with E-state index >= 15 is 0 Å². The number of hydrogen-bond donors (Lipinski definition) is 0. The van der Waals surface area contributed by atoms with Gasteiger partial charge in [-0.05, 0) is 42.0 Å². The number of hydrogen-bond acceptors (Lipinski definition) is 8. The third kappa shape index (κ3) is 3.97. The number of benzene rings is 2. The largest absolute Gasteiger partial charge is 0.497 e. The van der Waals surface area contributed by atoms with E-state index in [0.717, 1.165) is 17.0 Å². The Bertz CT molecular complexity index is 1170. The van der Waals surface area contributed by atoms with Gasteiger partial charge in [0.05, 0.1) is 26.0 Å². The van der Waals surface area contributed by atoms with Gasteiger partial charge in [0.1, 0.15) is 23.4 Å². The van der Waals surface area contributed by atoms with Crippen LogP contribution in [-0.2, 0) is 24.5 Å². The standard InChI is InChI=1S/C21H18FN5O4/c1-28-15-6-2-13(3-7-15)18-10-27-17(11-30-18)20(24-26-27)21-23-19(31-25-21)12-29-16-8-4-14(22)5-9-16/h2-9,18H,10-12H2,1H3/t18-/m1/s1. The molecular weight excluding hydrogens is 405 g/mol. The minimum absolute atomic E-state index is 0.0537. The Kier molecular flexibility index (Phi) is 5.04. The maximum Gasteiger partial charge on any atom is 0.264 e. The van der Waals surface area contributed by atoms with Gasteiger partial charge < -0.3 is 18.7 Å². The number of fused-ring (bicyclic) bond motifs is 1. The first-order valence-electron chi connectivity index (χ1n) is 9.59. The number of aromatic nitrogens is 5. The fourth-order valence-electron chi connectivity index (χ4n) is 3.29. The van der Waals surface area contributed by atoms with Crippen molar-refractivity contribution in [1.82, 2.24) is 25.1 Å². The normalized spacial score (nSPS) is 15.5. The second kappa shape index (κ2) is 8.15. The van der Waals surface area contributed by atoms with Crippen molar-refractivity contribution >= 4 is 0 Å². The van der Waals surface area contributed by atoms with Gasteiger partial charge in [0.2, 0.25) is 5.82 Å². The number of halogens is 1. The van der Waals surface area contributed by atoms with E-state index in [9.17, 15) is 4.39 Å². The van der Waals surface area contributed by atoms with Gasteiger partial charge in [-0.1, -0.05) is 22.5 Å². The zero-order valence-electron chi connectivity index (χ0n) is 16.6. The molecule has 0 spiro atoms. The molecule has 2 aromatic heterocycles. The minimum Gasteiger partial charge on any atom is -0.497 e. The molecule has 1 aliphatic heterocycles. The summed E-state index contributed by atoms with van der Waals surface area (Å²) in [7, 11) is 1.63. The van der Waals surface area contributed by atoms with Gasteiger partial charge in [-0.3, -0.25) is 0 Å². The lowest BCUT2D eigenvalue weighted by Crippen LogP contribution is -2.22. The quantitative estimate of drug-likeness (QED) is 0.466. The van der Waals surface area contributed by atoms with Crippen LogP contribution in [0.25, 0.3) is 11.5 Å². The van der Waals surface area contributed by atoms with Crippen molar-refractivity contribution in [2.75, 3.05) is 7.11 Å². The van der Waals surface area contributed by atoms with Crippen molar-refractivity contribution in [1.29, 1.82) is 0 Å². The predicted molar refractivity (Wildman–Crippen MR) is 105 cm³/mol. The molecule has 0 amide bonds. The third-order valence-corrected chi connectivity index (χ3v) is 4.94. The Hall–Kier alpha value is -3.79. The second-order valence-corrected chi connectivity index (χ2v) is 6.89. The minimum atomic E-state index is -0.332. The van der Waals surface area contributed by atoms with Crippen LogP contribution < -0.4 is 9.47 Å². The zero-order valence-corrected chi connectivity index (χ0v) is 16.6. The molecular formula is C21H18FN5O4.